The van der Waals surface area contributed by atoms with E-state index in [-0.39, 0.29) is 50.7 Å². The van der Waals surface area contributed by atoms with E-state index in [1.807, 2.05) is 6.08 Å². The Labute approximate surface area is 147 Å². The maximum atomic E-state index is 7.13. The van der Waals surface area contributed by atoms with Gasteiger partial charge < -0.3 is 5.73 Å². The van der Waals surface area contributed by atoms with Gasteiger partial charge in [0.15, 0.2) is 0 Å². The molecule has 0 amide bonds. The first-order valence-corrected chi connectivity index (χ1v) is 8.20. The molecule has 0 saturated heterocycles. The first-order valence-electron chi connectivity index (χ1n) is 5.89. The summed E-state index contributed by atoms with van der Waals surface area (Å²) < 4.78 is 0. The summed E-state index contributed by atoms with van der Waals surface area (Å²) in [5.41, 5.74) is 8.47. The van der Waals surface area contributed by atoms with E-state index >= 15 is 0 Å². The second kappa shape index (κ2) is 20.4. The van der Waals surface area contributed by atoms with Crippen molar-refractivity contribution in [1.29, 1.82) is 0 Å². The molecule has 0 spiro atoms. The SMILES string of the molecule is CC1=CC[C-]=C1.C[SiH]C.Cl.Cl.[Hf].[NH-]C1CCCC1. The Balaban J connectivity index is -0.0000000793. The molecule has 0 aliphatic heterocycles. The largest absolute Gasteiger partial charge is 0.675 e. The van der Waals surface area contributed by atoms with Crippen LogP contribution in [0.1, 0.15) is 39.0 Å². The van der Waals surface area contributed by atoms with Crippen LogP contribution < -0.4 is 0 Å². The molecule has 0 bridgehead atoms. The molecule has 0 aromatic carbocycles. The second-order valence-corrected chi connectivity index (χ2v) is 5.21. The summed E-state index contributed by atoms with van der Waals surface area (Å²) in [6, 6.07) is 0.296. The van der Waals surface area contributed by atoms with Crippen molar-refractivity contribution >= 4 is 34.3 Å². The van der Waals surface area contributed by atoms with Gasteiger partial charge >= 0.3 is 0 Å². The van der Waals surface area contributed by atoms with Gasteiger partial charge in [-0.3, -0.25) is 6.08 Å². The quantitative estimate of drug-likeness (QED) is 0.348. The van der Waals surface area contributed by atoms with Crippen molar-refractivity contribution in [3.8, 4) is 0 Å². The van der Waals surface area contributed by atoms with Gasteiger partial charge in [-0.1, -0.05) is 38.8 Å². The third-order valence-electron chi connectivity index (χ3n) is 2.23. The zero-order valence-electron chi connectivity index (χ0n) is 11.7. The van der Waals surface area contributed by atoms with Crippen molar-refractivity contribution in [2.24, 2.45) is 0 Å². The molecule has 1 radical (unpaired) electrons. The molecular weight excluding hydrogens is 448 g/mol. The van der Waals surface area contributed by atoms with Crippen LogP contribution in [0.2, 0.25) is 13.1 Å². The van der Waals surface area contributed by atoms with E-state index in [0.29, 0.717) is 6.04 Å². The normalized spacial score (nSPS) is 15.7. The molecule has 2 aliphatic carbocycles. The molecule has 5 heteroatoms. The van der Waals surface area contributed by atoms with Crippen LogP contribution in [0, 0.1) is 6.08 Å². The molecule has 1 nitrogen and oxygen atoms in total. The minimum Gasteiger partial charge on any atom is -0.675 e. The van der Waals surface area contributed by atoms with E-state index < -0.39 is 0 Å². The van der Waals surface area contributed by atoms with E-state index in [9.17, 15) is 0 Å². The maximum absolute atomic E-state index is 7.13. The van der Waals surface area contributed by atoms with Crippen LogP contribution in [0.3, 0.4) is 0 Å². The van der Waals surface area contributed by atoms with Gasteiger partial charge in [-0.05, 0) is 0 Å². The summed E-state index contributed by atoms with van der Waals surface area (Å²) in [6.45, 7) is 6.50. The maximum Gasteiger partial charge on any atom is 0.0213 e. The molecule has 0 aromatic heterocycles. The number of hydrogen-bond donors (Lipinski definition) is 0. The molecule has 0 unspecified atom stereocenters. The molecule has 2 aliphatic rings. The average Bonchev–Trinajstić information content (AvgIpc) is 2.81. The van der Waals surface area contributed by atoms with E-state index in [2.05, 4.69) is 32.2 Å². The number of halogens is 2. The first kappa shape index (κ1) is 27.4. The van der Waals surface area contributed by atoms with Crippen molar-refractivity contribution in [1.82, 2.24) is 0 Å². The first-order chi connectivity index (χ1) is 7.20. The van der Waals surface area contributed by atoms with Crippen LogP contribution in [0.25, 0.3) is 5.73 Å². The Morgan fingerprint density at radius 3 is 1.78 bits per heavy atom. The van der Waals surface area contributed by atoms with Gasteiger partial charge in [-0.25, -0.2) is 11.6 Å². The van der Waals surface area contributed by atoms with Gasteiger partial charge in [0.05, 0.1) is 0 Å². The summed E-state index contributed by atoms with van der Waals surface area (Å²) >= 11 is 0. The van der Waals surface area contributed by atoms with Crippen molar-refractivity contribution in [3.63, 3.8) is 0 Å². The molecule has 107 valence electrons. The van der Waals surface area contributed by atoms with Crippen molar-refractivity contribution < 1.29 is 25.8 Å². The molecule has 1 N–H and O–H groups in total. The minimum atomic E-state index is 0. The van der Waals surface area contributed by atoms with Crippen LogP contribution >= 0.6 is 24.8 Å². The van der Waals surface area contributed by atoms with Gasteiger partial charge in [0.1, 0.15) is 0 Å². The molecule has 18 heavy (non-hydrogen) atoms. The van der Waals surface area contributed by atoms with Crippen LogP contribution in [0.4, 0.5) is 0 Å². The topological polar surface area (TPSA) is 23.8 Å². The third kappa shape index (κ3) is 19.4. The van der Waals surface area contributed by atoms with Crippen LogP contribution in [-0.4, -0.2) is 15.6 Å². The summed E-state index contributed by atoms with van der Waals surface area (Å²) in [6.07, 6.45) is 13.1. The predicted molar refractivity (Wildman–Crippen MR) is 86.1 cm³/mol. The Bertz CT molecular complexity index is 202. The van der Waals surface area contributed by atoms with E-state index in [0.717, 1.165) is 28.8 Å². The van der Waals surface area contributed by atoms with Crippen LogP contribution in [0.5, 0.6) is 0 Å². The van der Waals surface area contributed by atoms with E-state index in [1.54, 1.807) is 0 Å². The van der Waals surface area contributed by atoms with E-state index in [4.69, 9.17) is 5.73 Å². The number of allylic oxidation sites excluding steroid dienone is 4. The van der Waals surface area contributed by atoms with E-state index in [1.165, 1.54) is 18.4 Å². The molecular formula is C13H26Cl2HfNSi-2. The van der Waals surface area contributed by atoms with Gasteiger partial charge in [-0.2, -0.15) is 6.08 Å². The predicted octanol–water partition coefficient (Wildman–Crippen LogP) is 5.04. The zero-order chi connectivity index (χ0) is 11.5. The fraction of sp³-hybridized carbons (Fsp3) is 0.692. The Morgan fingerprint density at radius 1 is 1.22 bits per heavy atom. The summed E-state index contributed by atoms with van der Waals surface area (Å²) in [4.78, 5) is 0. The minimum absolute atomic E-state index is 0. The zero-order valence-corrected chi connectivity index (χ0v) is 18.0. The Hall–Kier alpha value is 1.11. The van der Waals surface area contributed by atoms with Crippen molar-refractivity contribution in [2.45, 2.75) is 58.2 Å². The fourth-order valence-electron chi connectivity index (χ4n) is 1.42. The fourth-order valence-corrected chi connectivity index (χ4v) is 1.42. The average molecular weight is 474 g/mol. The molecule has 0 heterocycles. The summed E-state index contributed by atoms with van der Waals surface area (Å²) in [5.74, 6) is 0. The number of hydrogen-bond acceptors (Lipinski definition) is 0. The summed E-state index contributed by atoms with van der Waals surface area (Å²) in [7, 11) is 0.750. The molecule has 1 fully saturated rings. The van der Waals surface area contributed by atoms with Gasteiger partial charge in [0.2, 0.25) is 0 Å². The van der Waals surface area contributed by atoms with Gasteiger partial charge in [0.25, 0.3) is 0 Å². The number of rotatable bonds is 0. The molecule has 0 atom stereocenters. The van der Waals surface area contributed by atoms with Crippen LogP contribution in [-0.2, 0) is 25.8 Å². The molecule has 2 rings (SSSR count). The van der Waals surface area contributed by atoms with Gasteiger partial charge in [-0.15, -0.1) is 44.2 Å². The van der Waals surface area contributed by atoms with Crippen molar-refractivity contribution in [2.75, 3.05) is 0 Å². The summed E-state index contributed by atoms with van der Waals surface area (Å²) in [5, 5.41) is 0. The molecule has 1 saturated carbocycles. The van der Waals surface area contributed by atoms with Crippen molar-refractivity contribution in [3.05, 3.63) is 29.5 Å². The standard InChI is InChI=1S/C6H7.C5H10N.C2H7Si.2ClH.Hf/c1-6-4-2-3-5-6;6-5-3-1-2-4-5;1-3-2;;;/h4-5H,2H2,1H3;5-6H,1-4H2;3H,1-2H3;2*1H;/q2*-1;;;;. The molecule has 0 aromatic rings. The van der Waals surface area contributed by atoms with Crippen LogP contribution in [0.15, 0.2) is 17.7 Å². The third-order valence-corrected chi connectivity index (χ3v) is 2.23. The Morgan fingerprint density at radius 2 is 1.67 bits per heavy atom. The smallest absolute Gasteiger partial charge is 0.0213 e. The monoisotopic (exact) mass is 474 g/mol. The number of nitrogens with one attached hydrogen (secondary N) is 1. The Kier molecular flexibility index (Phi) is 31.1. The van der Waals surface area contributed by atoms with Gasteiger partial charge in [0, 0.05) is 35.4 Å². The second-order valence-electron chi connectivity index (χ2n) is 4.06.